The van der Waals surface area contributed by atoms with E-state index in [-0.39, 0.29) is 12.3 Å². The van der Waals surface area contributed by atoms with Gasteiger partial charge >= 0.3 is 0 Å². The van der Waals surface area contributed by atoms with E-state index < -0.39 is 37.9 Å². The fraction of sp³-hybridized carbons (Fsp3) is 0.300. The monoisotopic (exact) mass is 305 g/mol. The molecule has 0 radical (unpaired) electrons. The number of nitrogens with one attached hydrogen (secondary N) is 2. The molecule has 0 fully saturated rings. The molecule has 8 nitrogen and oxygen atoms in total. The molecule has 1 aromatic carbocycles. The summed E-state index contributed by atoms with van der Waals surface area (Å²) < 4.78 is 37.6. The lowest BCUT2D eigenvalue weighted by Gasteiger charge is -2.06. The number of halogens is 1. The fourth-order valence-electron chi connectivity index (χ4n) is 1.30. The van der Waals surface area contributed by atoms with Crippen LogP contribution in [0.2, 0.25) is 0 Å². The molecule has 0 spiro atoms. The lowest BCUT2D eigenvalue weighted by atomic mass is 10.2. The Balaban J connectivity index is 2.78. The summed E-state index contributed by atoms with van der Waals surface area (Å²) in [6.07, 6.45) is 0. The number of sulfonamides is 1. The van der Waals surface area contributed by atoms with E-state index in [9.17, 15) is 27.7 Å². The lowest BCUT2D eigenvalue weighted by molar-refractivity contribution is -0.384. The number of amides is 1. The average Bonchev–Trinajstić information content (AvgIpc) is 2.38. The van der Waals surface area contributed by atoms with Gasteiger partial charge in [-0.05, 0) is 13.1 Å². The van der Waals surface area contributed by atoms with Crippen LogP contribution >= 0.6 is 0 Å². The zero-order valence-corrected chi connectivity index (χ0v) is 11.2. The summed E-state index contributed by atoms with van der Waals surface area (Å²) in [6.45, 7) is -0.246. The van der Waals surface area contributed by atoms with E-state index in [1.54, 1.807) is 0 Å². The standard InChI is InChI=1S/C10H12FN3O5S/c1-12-20(18,19)5-4-13-10(15)8-6-7(14(16)17)2-3-9(8)11/h2-3,6,12H,4-5H2,1H3,(H,13,15). The summed E-state index contributed by atoms with van der Waals surface area (Å²) in [5.74, 6) is -2.23. The summed E-state index contributed by atoms with van der Waals surface area (Å²) in [7, 11) is -2.28. The molecule has 0 saturated carbocycles. The van der Waals surface area contributed by atoms with Crippen molar-refractivity contribution in [3.63, 3.8) is 0 Å². The number of carbonyl (C=O) groups excluding carboxylic acids is 1. The van der Waals surface area contributed by atoms with Crippen molar-refractivity contribution in [1.29, 1.82) is 0 Å². The molecule has 1 rings (SSSR count). The number of hydrogen-bond acceptors (Lipinski definition) is 5. The van der Waals surface area contributed by atoms with Gasteiger partial charge < -0.3 is 5.32 Å². The summed E-state index contributed by atoms with van der Waals surface area (Å²) in [6, 6.07) is 2.52. The van der Waals surface area contributed by atoms with Crippen molar-refractivity contribution in [2.75, 3.05) is 19.3 Å². The van der Waals surface area contributed by atoms with Gasteiger partial charge in [0.25, 0.3) is 11.6 Å². The van der Waals surface area contributed by atoms with Crippen LogP contribution in [0.25, 0.3) is 0 Å². The number of benzene rings is 1. The second kappa shape index (κ2) is 6.39. The van der Waals surface area contributed by atoms with Gasteiger partial charge in [0.15, 0.2) is 0 Å². The summed E-state index contributed by atoms with van der Waals surface area (Å²) >= 11 is 0. The second-order valence-electron chi connectivity index (χ2n) is 3.70. The predicted molar refractivity (Wildman–Crippen MR) is 68.2 cm³/mol. The fourth-order valence-corrected chi connectivity index (χ4v) is 1.87. The van der Waals surface area contributed by atoms with Crippen molar-refractivity contribution in [2.24, 2.45) is 0 Å². The minimum absolute atomic E-state index is 0.246. The van der Waals surface area contributed by atoms with E-state index >= 15 is 0 Å². The van der Waals surface area contributed by atoms with Gasteiger partial charge in [-0.25, -0.2) is 17.5 Å². The molecule has 0 bridgehead atoms. The number of nitro benzene ring substituents is 1. The molecular formula is C10H12FN3O5S. The first kappa shape index (κ1) is 16.0. The predicted octanol–water partition coefficient (Wildman–Crippen LogP) is 0.0129. The van der Waals surface area contributed by atoms with E-state index in [1.165, 1.54) is 7.05 Å². The normalized spacial score (nSPS) is 11.1. The first-order valence-corrected chi connectivity index (χ1v) is 7.05. The molecule has 110 valence electrons. The Morgan fingerprint density at radius 1 is 1.45 bits per heavy atom. The van der Waals surface area contributed by atoms with Gasteiger partial charge in [-0.15, -0.1) is 0 Å². The maximum absolute atomic E-state index is 13.4. The highest BCUT2D eigenvalue weighted by atomic mass is 32.2. The first-order valence-electron chi connectivity index (χ1n) is 5.40. The maximum Gasteiger partial charge on any atom is 0.270 e. The van der Waals surface area contributed by atoms with Crippen molar-refractivity contribution in [3.8, 4) is 0 Å². The van der Waals surface area contributed by atoms with Crippen molar-refractivity contribution in [3.05, 3.63) is 39.7 Å². The SMILES string of the molecule is CNS(=O)(=O)CCNC(=O)c1cc([N+](=O)[O-])ccc1F. The van der Waals surface area contributed by atoms with E-state index in [2.05, 4.69) is 5.32 Å². The zero-order valence-electron chi connectivity index (χ0n) is 10.4. The molecular weight excluding hydrogens is 293 g/mol. The number of non-ortho nitro benzene ring substituents is 1. The van der Waals surface area contributed by atoms with Crippen LogP contribution in [0.5, 0.6) is 0 Å². The Morgan fingerprint density at radius 2 is 2.10 bits per heavy atom. The zero-order chi connectivity index (χ0) is 15.3. The van der Waals surface area contributed by atoms with E-state index in [0.29, 0.717) is 0 Å². The molecule has 0 atom stereocenters. The molecule has 0 aliphatic rings. The molecule has 1 amide bonds. The van der Waals surface area contributed by atoms with Crippen molar-refractivity contribution < 1.29 is 22.5 Å². The largest absolute Gasteiger partial charge is 0.351 e. The van der Waals surface area contributed by atoms with Gasteiger partial charge in [0.05, 0.1) is 16.2 Å². The second-order valence-corrected chi connectivity index (χ2v) is 5.75. The van der Waals surface area contributed by atoms with E-state index in [0.717, 1.165) is 18.2 Å². The third-order valence-electron chi connectivity index (χ3n) is 2.37. The van der Waals surface area contributed by atoms with Crippen LogP contribution in [0, 0.1) is 15.9 Å². The highest BCUT2D eigenvalue weighted by Gasteiger charge is 2.17. The molecule has 0 aliphatic carbocycles. The van der Waals surface area contributed by atoms with Crippen molar-refractivity contribution in [2.45, 2.75) is 0 Å². The van der Waals surface area contributed by atoms with Crippen molar-refractivity contribution in [1.82, 2.24) is 10.0 Å². The van der Waals surface area contributed by atoms with Gasteiger partial charge in [0.2, 0.25) is 10.0 Å². The minimum Gasteiger partial charge on any atom is -0.351 e. The Morgan fingerprint density at radius 3 is 2.65 bits per heavy atom. The quantitative estimate of drug-likeness (QED) is 0.567. The van der Waals surface area contributed by atoms with Crippen LogP contribution in [0.15, 0.2) is 18.2 Å². The molecule has 0 aliphatic heterocycles. The number of carbonyl (C=O) groups is 1. The van der Waals surface area contributed by atoms with Crippen LogP contribution in [0.1, 0.15) is 10.4 Å². The maximum atomic E-state index is 13.4. The van der Waals surface area contributed by atoms with E-state index in [4.69, 9.17) is 0 Å². The smallest absolute Gasteiger partial charge is 0.270 e. The third kappa shape index (κ3) is 4.24. The minimum atomic E-state index is -3.50. The highest BCUT2D eigenvalue weighted by Crippen LogP contribution is 2.16. The Kier molecular flexibility index (Phi) is 5.11. The number of nitrogens with zero attached hydrogens (tertiary/aromatic N) is 1. The van der Waals surface area contributed by atoms with Gasteiger partial charge in [-0.1, -0.05) is 0 Å². The van der Waals surface area contributed by atoms with Gasteiger partial charge in [0, 0.05) is 18.7 Å². The van der Waals surface area contributed by atoms with Crippen molar-refractivity contribution >= 4 is 21.6 Å². The molecule has 0 unspecified atom stereocenters. The molecule has 1 aromatic rings. The van der Waals surface area contributed by atoms with Crippen LogP contribution in [0.4, 0.5) is 10.1 Å². The number of rotatable bonds is 6. The molecule has 0 saturated heterocycles. The Labute approximate surface area is 114 Å². The average molecular weight is 305 g/mol. The van der Waals surface area contributed by atoms with Gasteiger partial charge in [-0.3, -0.25) is 14.9 Å². The van der Waals surface area contributed by atoms with Gasteiger partial charge in [-0.2, -0.15) is 0 Å². The molecule has 2 N–H and O–H groups in total. The first-order chi connectivity index (χ1) is 9.26. The van der Waals surface area contributed by atoms with E-state index in [1.807, 2.05) is 4.72 Å². The lowest BCUT2D eigenvalue weighted by Crippen LogP contribution is -2.33. The molecule has 10 heteroatoms. The summed E-state index contributed by atoms with van der Waals surface area (Å²) in [5.41, 5.74) is -0.944. The molecule has 20 heavy (non-hydrogen) atoms. The summed E-state index contributed by atoms with van der Waals surface area (Å²) in [5, 5.41) is 12.7. The van der Waals surface area contributed by atoms with Crippen LogP contribution < -0.4 is 10.0 Å². The Hall–Kier alpha value is -2.07. The molecule has 0 aromatic heterocycles. The third-order valence-corrected chi connectivity index (χ3v) is 3.74. The summed E-state index contributed by atoms with van der Waals surface area (Å²) in [4.78, 5) is 21.4. The van der Waals surface area contributed by atoms with Crippen LogP contribution in [0.3, 0.4) is 0 Å². The molecule has 0 heterocycles. The van der Waals surface area contributed by atoms with Crippen LogP contribution in [-0.4, -0.2) is 38.6 Å². The van der Waals surface area contributed by atoms with Gasteiger partial charge in [0.1, 0.15) is 5.82 Å². The number of hydrogen-bond donors (Lipinski definition) is 2. The Bertz CT molecular complexity index is 632. The number of nitro groups is 1. The highest BCUT2D eigenvalue weighted by molar-refractivity contribution is 7.89. The topological polar surface area (TPSA) is 118 Å². The van der Waals surface area contributed by atoms with Crippen LogP contribution in [-0.2, 0) is 10.0 Å².